The fraction of sp³-hybridized carbons (Fsp3) is 0.286. The van der Waals surface area contributed by atoms with Crippen LogP contribution in [0.15, 0.2) is 43.5 Å². The molecule has 20 heavy (non-hydrogen) atoms. The zero-order valence-electron chi connectivity index (χ0n) is 11.4. The maximum Gasteiger partial charge on any atom is 0.270 e. The van der Waals surface area contributed by atoms with E-state index in [1.165, 1.54) is 12.1 Å². The van der Waals surface area contributed by atoms with Crippen molar-refractivity contribution in [3.63, 3.8) is 0 Å². The van der Waals surface area contributed by atoms with E-state index in [0.29, 0.717) is 25.4 Å². The fourth-order valence-electron chi connectivity index (χ4n) is 1.81. The van der Waals surface area contributed by atoms with Gasteiger partial charge in [0.25, 0.3) is 5.69 Å². The average molecular weight is 299 g/mol. The number of nitrogens with zero attached hydrogens (tertiary/aromatic N) is 2. The van der Waals surface area contributed by atoms with Gasteiger partial charge in [-0.05, 0) is 6.07 Å². The summed E-state index contributed by atoms with van der Waals surface area (Å²) < 4.78 is 5.24. The Kier molecular flexibility index (Phi) is 8.27. The second kappa shape index (κ2) is 9.12. The van der Waals surface area contributed by atoms with Gasteiger partial charge in [0.15, 0.2) is 0 Å². The smallest absolute Gasteiger partial charge is 0.270 e. The Balaban J connectivity index is 0.00000361. The monoisotopic (exact) mass is 298 g/mol. The van der Waals surface area contributed by atoms with E-state index in [1.54, 1.807) is 25.3 Å². The SMILES string of the molecule is C=CCN(CC=C)Cc1cc([N+](=O)[O-])ccc1OC.Cl. The first kappa shape index (κ1) is 18.1. The van der Waals surface area contributed by atoms with Crippen LogP contribution >= 0.6 is 12.4 Å². The number of halogens is 1. The van der Waals surface area contributed by atoms with Gasteiger partial charge in [0.05, 0.1) is 12.0 Å². The number of non-ortho nitro benzene ring substituents is 1. The van der Waals surface area contributed by atoms with Crippen LogP contribution in [0.1, 0.15) is 5.56 Å². The highest BCUT2D eigenvalue weighted by molar-refractivity contribution is 5.85. The molecule has 0 aliphatic carbocycles. The van der Waals surface area contributed by atoms with E-state index in [4.69, 9.17) is 4.74 Å². The lowest BCUT2D eigenvalue weighted by Gasteiger charge is -2.20. The maximum absolute atomic E-state index is 10.8. The van der Waals surface area contributed by atoms with E-state index < -0.39 is 4.92 Å². The summed E-state index contributed by atoms with van der Waals surface area (Å²) in [6.45, 7) is 9.30. The molecule has 0 heterocycles. The van der Waals surface area contributed by atoms with Crippen molar-refractivity contribution >= 4 is 18.1 Å². The number of nitro groups is 1. The van der Waals surface area contributed by atoms with Crippen molar-refractivity contribution < 1.29 is 9.66 Å². The van der Waals surface area contributed by atoms with E-state index in [1.807, 2.05) is 0 Å². The minimum absolute atomic E-state index is 0. The summed E-state index contributed by atoms with van der Waals surface area (Å²) in [5.74, 6) is 0.642. The Morgan fingerprint density at radius 1 is 1.35 bits per heavy atom. The van der Waals surface area contributed by atoms with Gasteiger partial charge in [0.1, 0.15) is 5.75 Å². The van der Waals surface area contributed by atoms with Gasteiger partial charge in [-0.25, -0.2) is 0 Å². The summed E-state index contributed by atoms with van der Waals surface area (Å²) in [6.07, 6.45) is 3.57. The Bertz CT molecular complexity index is 467. The predicted molar refractivity (Wildman–Crippen MR) is 82.6 cm³/mol. The van der Waals surface area contributed by atoms with Gasteiger partial charge in [-0.3, -0.25) is 15.0 Å². The summed E-state index contributed by atoms with van der Waals surface area (Å²) in [6, 6.07) is 4.60. The maximum atomic E-state index is 10.8. The first-order valence-electron chi connectivity index (χ1n) is 5.87. The molecule has 0 aliphatic heterocycles. The number of rotatable bonds is 8. The molecular formula is C14H19ClN2O3. The molecule has 6 heteroatoms. The summed E-state index contributed by atoms with van der Waals surface area (Å²) in [4.78, 5) is 12.5. The molecule has 1 aromatic rings. The lowest BCUT2D eigenvalue weighted by atomic mass is 10.1. The predicted octanol–water partition coefficient (Wildman–Crippen LogP) is 3.20. The van der Waals surface area contributed by atoms with E-state index in [-0.39, 0.29) is 18.1 Å². The fourth-order valence-corrected chi connectivity index (χ4v) is 1.81. The second-order valence-corrected chi connectivity index (χ2v) is 4.02. The molecular weight excluding hydrogens is 280 g/mol. The standard InChI is InChI=1S/C14H18N2O3.ClH/c1-4-8-15(9-5-2)11-12-10-13(16(17)18)6-7-14(12)19-3;/h4-7,10H,1-2,8-9,11H2,3H3;1H. The summed E-state index contributed by atoms with van der Waals surface area (Å²) in [5.41, 5.74) is 0.841. The summed E-state index contributed by atoms with van der Waals surface area (Å²) in [5, 5.41) is 10.8. The van der Waals surface area contributed by atoms with Crippen LogP contribution in [0.25, 0.3) is 0 Å². The molecule has 0 radical (unpaired) electrons. The van der Waals surface area contributed by atoms with Crippen molar-refractivity contribution in [3.8, 4) is 5.75 Å². The first-order valence-corrected chi connectivity index (χ1v) is 5.87. The van der Waals surface area contributed by atoms with Gasteiger partial charge < -0.3 is 4.74 Å². The van der Waals surface area contributed by atoms with Gasteiger partial charge >= 0.3 is 0 Å². The topological polar surface area (TPSA) is 55.6 Å². The van der Waals surface area contributed by atoms with Crippen LogP contribution in [0, 0.1) is 10.1 Å². The van der Waals surface area contributed by atoms with Crippen molar-refractivity contribution in [1.29, 1.82) is 0 Å². The number of ether oxygens (including phenoxy) is 1. The van der Waals surface area contributed by atoms with E-state index in [9.17, 15) is 10.1 Å². The largest absolute Gasteiger partial charge is 0.496 e. The van der Waals surface area contributed by atoms with E-state index >= 15 is 0 Å². The first-order chi connectivity index (χ1) is 9.12. The van der Waals surface area contributed by atoms with Crippen molar-refractivity contribution in [2.45, 2.75) is 6.54 Å². The highest BCUT2D eigenvalue weighted by Crippen LogP contribution is 2.25. The van der Waals surface area contributed by atoms with Gasteiger partial charge in [-0.15, -0.1) is 25.6 Å². The van der Waals surface area contributed by atoms with Gasteiger partial charge in [0, 0.05) is 37.3 Å². The molecule has 0 spiro atoms. The molecule has 110 valence electrons. The third kappa shape index (κ3) is 5.03. The third-order valence-corrected chi connectivity index (χ3v) is 2.64. The van der Waals surface area contributed by atoms with Crippen molar-refractivity contribution in [2.75, 3.05) is 20.2 Å². The van der Waals surface area contributed by atoms with E-state index in [0.717, 1.165) is 5.56 Å². The van der Waals surface area contributed by atoms with Crippen LogP contribution in [-0.4, -0.2) is 30.0 Å². The van der Waals surface area contributed by atoms with Crippen LogP contribution in [0.2, 0.25) is 0 Å². The number of methoxy groups -OCH3 is 1. The highest BCUT2D eigenvalue weighted by atomic mass is 35.5. The van der Waals surface area contributed by atoms with Crippen molar-refractivity contribution in [3.05, 3.63) is 59.2 Å². The van der Waals surface area contributed by atoms with Crippen LogP contribution < -0.4 is 4.74 Å². The molecule has 0 atom stereocenters. The Morgan fingerprint density at radius 3 is 2.40 bits per heavy atom. The molecule has 5 nitrogen and oxygen atoms in total. The van der Waals surface area contributed by atoms with Crippen LogP contribution in [0.3, 0.4) is 0 Å². The molecule has 0 aromatic heterocycles. The Morgan fingerprint density at radius 2 is 1.95 bits per heavy atom. The van der Waals surface area contributed by atoms with Crippen LogP contribution in [-0.2, 0) is 6.54 Å². The van der Waals surface area contributed by atoms with Crippen molar-refractivity contribution in [2.24, 2.45) is 0 Å². The van der Waals surface area contributed by atoms with Gasteiger partial charge in [-0.1, -0.05) is 12.2 Å². The molecule has 0 saturated carbocycles. The lowest BCUT2D eigenvalue weighted by Crippen LogP contribution is -2.23. The van der Waals surface area contributed by atoms with E-state index in [2.05, 4.69) is 18.1 Å². The Hall–Kier alpha value is -1.85. The highest BCUT2D eigenvalue weighted by Gasteiger charge is 2.13. The molecule has 0 saturated heterocycles. The number of nitro benzene ring substituents is 1. The normalized spacial score (nSPS) is 9.70. The molecule has 0 fully saturated rings. The zero-order chi connectivity index (χ0) is 14.3. The Labute approximate surface area is 125 Å². The van der Waals surface area contributed by atoms with Gasteiger partial charge in [0.2, 0.25) is 0 Å². The minimum Gasteiger partial charge on any atom is -0.496 e. The number of benzene rings is 1. The molecule has 0 aliphatic rings. The molecule has 0 amide bonds. The minimum atomic E-state index is -0.408. The molecule has 1 aromatic carbocycles. The summed E-state index contributed by atoms with van der Waals surface area (Å²) >= 11 is 0. The summed E-state index contributed by atoms with van der Waals surface area (Å²) in [7, 11) is 1.55. The molecule has 0 bridgehead atoms. The molecule has 1 rings (SSSR count). The average Bonchev–Trinajstić information content (AvgIpc) is 2.39. The van der Waals surface area contributed by atoms with Crippen molar-refractivity contribution in [1.82, 2.24) is 4.90 Å². The zero-order valence-corrected chi connectivity index (χ0v) is 12.3. The molecule has 0 N–H and O–H groups in total. The second-order valence-electron chi connectivity index (χ2n) is 4.02. The van der Waals surface area contributed by atoms with Crippen LogP contribution in [0.5, 0.6) is 5.75 Å². The number of hydrogen-bond donors (Lipinski definition) is 0. The third-order valence-electron chi connectivity index (χ3n) is 2.64. The van der Waals surface area contributed by atoms with Crippen LogP contribution in [0.4, 0.5) is 5.69 Å². The quantitative estimate of drug-likeness (QED) is 0.420. The van der Waals surface area contributed by atoms with Gasteiger partial charge in [-0.2, -0.15) is 0 Å². The lowest BCUT2D eigenvalue weighted by molar-refractivity contribution is -0.384. The molecule has 0 unspecified atom stereocenters. The number of hydrogen-bond acceptors (Lipinski definition) is 4.